The highest BCUT2D eigenvalue weighted by atomic mass is 19.1. The number of likely N-dealkylation sites (N-methyl/N-ethyl adjacent to an activating group) is 1. The van der Waals surface area contributed by atoms with Crippen LogP contribution in [0.4, 0.5) is 10.1 Å². The largest absolute Gasteiger partial charge is 0.398 e. The number of allylic oxidation sites excluding steroid dienone is 5. The number of aromatic amines is 1. The third kappa shape index (κ3) is 6.15. The molecule has 2 aromatic heterocycles. The van der Waals surface area contributed by atoms with Gasteiger partial charge in [0.2, 0.25) is 0 Å². The summed E-state index contributed by atoms with van der Waals surface area (Å²) >= 11 is 0. The van der Waals surface area contributed by atoms with Gasteiger partial charge in [-0.1, -0.05) is 50.5 Å². The fourth-order valence-electron chi connectivity index (χ4n) is 4.00. The number of H-pyrrole nitrogens is 1. The van der Waals surface area contributed by atoms with Crippen molar-refractivity contribution in [3.63, 3.8) is 0 Å². The third-order valence-corrected chi connectivity index (χ3v) is 5.89. The van der Waals surface area contributed by atoms with Crippen LogP contribution in [-0.2, 0) is 6.42 Å². The molecule has 3 aromatic rings. The first-order chi connectivity index (χ1) is 17.4. The Morgan fingerprint density at radius 2 is 1.94 bits per heavy atom. The van der Waals surface area contributed by atoms with Crippen molar-refractivity contribution >= 4 is 16.8 Å². The Hall–Kier alpha value is -4.03. The maximum absolute atomic E-state index is 15.8. The van der Waals surface area contributed by atoms with Crippen LogP contribution in [0.5, 0.6) is 0 Å². The van der Waals surface area contributed by atoms with Crippen molar-refractivity contribution in [1.82, 2.24) is 20.3 Å². The molecule has 0 saturated heterocycles. The summed E-state index contributed by atoms with van der Waals surface area (Å²) < 4.78 is 15.8. The first kappa shape index (κ1) is 26.6. The Kier molecular flexibility index (Phi) is 9.31. The number of nitrogens with one attached hydrogen (secondary N) is 2. The van der Waals surface area contributed by atoms with Crippen molar-refractivity contribution in [1.29, 1.82) is 0 Å². The Morgan fingerprint density at radius 3 is 2.58 bits per heavy atom. The van der Waals surface area contributed by atoms with E-state index in [0.717, 1.165) is 40.2 Å². The van der Waals surface area contributed by atoms with E-state index in [4.69, 9.17) is 10.7 Å². The number of hydrogen-bond acceptors (Lipinski definition) is 4. The van der Waals surface area contributed by atoms with Crippen LogP contribution < -0.4 is 11.1 Å². The minimum atomic E-state index is -0.349. The molecular formula is C30H34FN5. The van der Waals surface area contributed by atoms with Crippen molar-refractivity contribution in [3.05, 3.63) is 125 Å². The van der Waals surface area contributed by atoms with Crippen molar-refractivity contribution in [2.45, 2.75) is 27.2 Å². The van der Waals surface area contributed by atoms with Gasteiger partial charge in [-0.15, -0.1) is 0 Å². The summed E-state index contributed by atoms with van der Waals surface area (Å²) in [5, 5.41) is 3.28. The fraction of sp³-hybridized carbons (Fsp3) is 0.200. The molecule has 0 atom stereocenters. The Morgan fingerprint density at radius 1 is 1.19 bits per heavy atom. The Labute approximate surface area is 213 Å². The summed E-state index contributed by atoms with van der Waals surface area (Å²) in [7, 11) is 0. The van der Waals surface area contributed by atoms with Gasteiger partial charge in [-0.05, 0) is 61.4 Å². The van der Waals surface area contributed by atoms with Gasteiger partial charge in [0, 0.05) is 53.4 Å². The molecule has 186 valence electrons. The van der Waals surface area contributed by atoms with Crippen LogP contribution in [-0.4, -0.2) is 28.0 Å². The zero-order chi connectivity index (χ0) is 26.1. The van der Waals surface area contributed by atoms with Crippen molar-refractivity contribution < 1.29 is 4.39 Å². The molecule has 1 aromatic carbocycles. The molecule has 0 aliphatic rings. The van der Waals surface area contributed by atoms with E-state index in [1.54, 1.807) is 36.7 Å². The number of aromatic nitrogens is 3. The standard InChI is InChI=1S/C30H34FN5/c1-6-10-25(23-13-15-34-16-14-23)30-20(5)35-28(36-30)18-26-27(32)12-11-24(29(26)31)22(8-3)17-21(7-2)19-33-9-4/h6-8,10-17,33H,1-2,9,18-19,32H2,3-5H3,(H,35,36)/b21-17+,22-8+,25-10-. The van der Waals surface area contributed by atoms with Crippen LogP contribution in [0, 0.1) is 12.7 Å². The van der Waals surface area contributed by atoms with E-state index >= 15 is 4.39 Å². The molecule has 0 radical (unpaired) electrons. The number of pyridine rings is 1. The highest BCUT2D eigenvalue weighted by Crippen LogP contribution is 2.30. The smallest absolute Gasteiger partial charge is 0.136 e. The average Bonchev–Trinajstić information content (AvgIpc) is 3.26. The lowest BCUT2D eigenvalue weighted by atomic mass is 9.97. The van der Waals surface area contributed by atoms with Crippen LogP contribution >= 0.6 is 0 Å². The number of benzene rings is 1. The van der Waals surface area contributed by atoms with Gasteiger partial charge < -0.3 is 16.0 Å². The van der Waals surface area contributed by atoms with E-state index in [0.29, 0.717) is 29.2 Å². The first-order valence-corrected chi connectivity index (χ1v) is 12.0. The molecule has 3 rings (SSSR count). The molecule has 4 N–H and O–H groups in total. The third-order valence-electron chi connectivity index (χ3n) is 5.89. The van der Waals surface area contributed by atoms with Crippen LogP contribution in [0.2, 0.25) is 0 Å². The molecule has 0 saturated carbocycles. The second-order valence-electron chi connectivity index (χ2n) is 8.33. The predicted molar refractivity (Wildman–Crippen MR) is 149 cm³/mol. The number of nitrogens with two attached hydrogens (primary N) is 1. The highest BCUT2D eigenvalue weighted by molar-refractivity contribution is 5.80. The number of aryl methyl sites for hydroxylation is 1. The lowest BCUT2D eigenvalue weighted by molar-refractivity contribution is 0.610. The van der Waals surface area contributed by atoms with Crippen molar-refractivity contribution in [2.24, 2.45) is 0 Å². The van der Waals surface area contributed by atoms with Gasteiger partial charge in [-0.3, -0.25) is 4.98 Å². The fourth-order valence-corrected chi connectivity index (χ4v) is 4.00. The van der Waals surface area contributed by atoms with Gasteiger partial charge in [0.1, 0.15) is 11.6 Å². The number of nitrogens with zero attached hydrogens (tertiary/aromatic N) is 2. The van der Waals surface area contributed by atoms with Crippen molar-refractivity contribution in [2.75, 3.05) is 18.8 Å². The monoisotopic (exact) mass is 483 g/mol. The first-order valence-electron chi connectivity index (χ1n) is 12.0. The number of hydrogen-bond donors (Lipinski definition) is 3. The zero-order valence-electron chi connectivity index (χ0n) is 21.2. The Balaban J connectivity index is 1.99. The number of nitrogen functional groups attached to an aromatic ring is 1. The topological polar surface area (TPSA) is 79.6 Å². The minimum absolute atomic E-state index is 0.233. The van der Waals surface area contributed by atoms with E-state index in [1.807, 2.05) is 51.1 Å². The molecule has 0 spiro atoms. The van der Waals surface area contributed by atoms with Crippen LogP contribution in [0.25, 0.3) is 11.1 Å². The normalized spacial score (nSPS) is 12.6. The maximum Gasteiger partial charge on any atom is 0.136 e. The molecule has 0 aliphatic carbocycles. The molecule has 0 bridgehead atoms. The summed E-state index contributed by atoms with van der Waals surface area (Å²) in [4.78, 5) is 12.2. The quantitative estimate of drug-likeness (QED) is 0.225. The molecule has 6 heteroatoms. The van der Waals surface area contributed by atoms with Crippen LogP contribution in [0.3, 0.4) is 0 Å². The number of imidazole rings is 1. The Bertz CT molecular complexity index is 1310. The molecule has 0 amide bonds. The van der Waals surface area contributed by atoms with Crippen LogP contribution in [0.15, 0.2) is 85.8 Å². The molecular weight excluding hydrogens is 449 g/mol. The van der Waals surface area contributed by atoms with Gasteiger partial charge in [0.15, 0.2) is 0 Å². The van der Waals surface area contributed by atoms with E-state index in [-0.39, 0.29) is 12.2 Å². The lowest BCUT2D eigenvalue weighted by Crippen LogP contribution is -2.15. The molecule has 0 unspecified atom stereocenters. The van der Waals surface area contributed by atoms with Crippen molar-refractivity contribution in [3.8, 4) is 0 Å². The lowest BCUT2D eigenvalue weighted by Gasteiger charge is -2.13. The number of halogens is 1. The molecule has 36 heavy (non-hydrogen) atoms. The highest BCUT2D eigenvalue weighted by Gasteiger charge is 2.18. The van der Waals surface area contributed by atoms with E-state index in [9.17, 15) is 0 Å². The van der Waals surface area contributed by atoms with Gasteiger partial charge in [-0.2, -0.15) is 0 Å². The van der Waals surface area contributed by atoms with E-state index in [1.165, 1.54) is 0 Å². The summed E-state index contributed by atoms with van der Waals surface area (Å²) in [5.41, 5.74) is 12.8. The van der Waals surface area contributed by atoms with Gasteiger partial charge in [-0.25, -0.2) is 9.37 Å². The molecule has 2 heterocycles. The average molecular weight is 484 g/mol. The summed E-state index contributed by atoms with van der Waals surface area (Å²) in [6.07, 6.45) is 13.0. The SMILES string of the molecule is C=C/C=C(/c1ccncc1)c1nc(Cc2c(N)ccc(C(/C=C(\C=C)CNCC)=C/C)c2F)[nH]c1C. The van der Waals surface area contributed by atoms with E-state index in [2.05, 4.69) is 28.4 Å². The van der Waals surface area contributed by atoms with Gasteiger partial charge >= 0.3 is 0 Å². The predicted octanol–water partition coefficient (Wildman–Crippen LogP) is 6.17. The summed E-state index contributed by atoms with van der Waals surface area (Å²) in [6.45, 7) is 15.1. The van der Waals surface area contributed by atoms with Gasteiger partial charge in [0.25, 0.3) is 0 Å². The summed E-state index contributed by atoms with van der Waals surface area (Å²) in [5.74, 6) is 0.281. The molecule has 0 aliphatic heterocycles. The minimum Gasteiger partial charge on any atom is -0.398 e. The van der Waals surface area contributed by atoms with Gasteiger partial charge in [0.05, 0.1) is 5.69 Å². The molecule has 0 fully saturated rings. The van der Waals surface area contributed by atoms with Crippen LogP contribution in [0.1, 0.15) is 47.8 Å². The zero-order valence-corrected chi connectivity index (χ0v) is 21.2. The maximum atomic E-state index is 15.8. The van der Waals surface area contributed by atoms with E-state index < -0.39 is 0 Å². The summed E-state index contributed by atoms with van der Waals surface area (Å²) in [6, 6.07) is 7.31. The second-order valence-corrected chi connectivity index (χ2v) is 8.33. The second kappa shape index (κ2) is 12.6. The molecule has 5 nitrogen and oxygen atoms in total. The number of rotatable bonds is 11. The number of anilines is 1.